The Bertz CT molecular complexity index is 5190. The zero-order valence-electron chi connectivity index (χ0n) is 79.9. The van der Waals surface area contributed by atoms with Crippen molar-refractivity contribution in [3.63, 3.8) is 0 Å². The first-order valence-electron chi connectivity index (χ1n) is 40.7. The molecule has 8 aromatic carbocycles. The summed E-state index contributed by atoms with van der Waals surface area (Å²) in [6, 6.07) is 52.3. The number of rotatable bonds is 26. The van der Waals surface area contributed by atoms with Gasteiger partial charge < -0.3 is 66.1 Å². The van der Waals surface area contributed by atoms with E-state index in [1.165, 1.54) is 33.0 Å². The van der Waals surface area contributed by atoms with E-state index in [1.54, 1.807) is 0 Å². The first kappa shape index (κ1) is 128. The van der Waals surface area contributed by atoms with Gasteiger partial charge in [0.15, 0.2) is 17.5 Å². The topological polar surface area (TPSA) is 314 Å². The summed E-state index contributed by atoms with van der Waals surface area (Å²) in [7, 11) is -29.7. The van der Waals surface area contributed by atoms with Crippen molar-refractivity contribution in [1.82, 2.24) is 0 Å². The van der Waals surface area contributed by atoms with Gasteiger partial charge in [-0.25, -0.2) is 77.2 Å². The Hall–Kier alpha value is -6.51. The number of benzene rings is 8. The van der Waals surface area contributed by atoms with Crippen LogP contribution in [0.25, 0.3) is 9.77 Å². The molecule has 768 valence electrons. The maximum absolute atomic E-state index is 15.3. The molecule has 0 saturated heterocycles. The van der Waals surface area contributed by atoms with E-state index in [1.807, 2.05) is 138 Å². The van der Waals surface area contributed by atoms with Crippen molar-refractivity contribution in [2.45, 2.75) is 206 Å². The minimum atomic E-state index is -10.7. The molecule has 8 aromatic rings. The Morgan fingerprint density at radius 3 is 0.719 bits per heavy atom. The van der Waals surface area contributed by atoms with E-state index in [2.05, 4.69) is 141 Å². The van der Waals surface area contributed by atoms with Crippen LogP contribution in [0, 0.1) is 60.4 Å². The third-order valence-electron chi connectivity index (χ3n) is 15.8. The molecule has 0 atom stereocenters. The number of aryl methyl sites for hydroxylation is 2. The molecule has 0 aliphatic rings. The molecule has 0 radical (unpaired) electrons. The Labute approximate surface area is 790 Å². The fraction of sp³-hybridized carbons (Fsp3) is 0.429. The largest absolute Gasteiger partial charge is 0.207 e. The van der Waals surface area contributed by atoms with Crippen molar-refractivity contribution >= 4 is 150 Å². The van der Waals surface area contributed by atoms with E-state index in [0.29, 0.717) is 31.3 Å². The van der Waals surface area contributed by atoms with Gasteiger partial charge in [-0.2, -0.15) is 38.2 Å². The van der Waals surface area contributed by atoms with Gasteiger partial charge in [0.25, 0.3) is 0 Å². The predicted octanol–water partition coefficient (Wildman–Crippen LogP) is 18.1. The van der Waals surface area contributed by atoms with Gasteiger partial charge in [-0.3, -0.25) is 0 Å². The number of halogens is 17. The molecule has 0 heterocycles. The fourth-order valence-electron chi connectivity index (χ4n) is 12.7. The molecule has 51 heteroatoms. The second-order valence-electron chi connectivity index (χ2n) is 35.6. The zero-order chi connectivity index (χ0) is 106. The summed E-state index contributed by atoms with van der Waals surface area (Å²) in [4.78, 5) is 0. The SMILES string of the molecule is CC(C)(C)[O][Al-]([O]C(C)(C)C)([O]C(C)(C)C)[O]C(C)(C)C.CC(C)[O][Al-]([O]C(C)C)([O]C(C)C)[O]C(C)C.CS(=O)(=O)O[N-]OS(C)(=O)=O.CS(=O)(=O)[N-]S(C)(=O)=O.CS(=O)(=O)[O-].C[B-](F)(F)F.Cc1cc(C)cc([B-](c2ccccc2)(c2ccccc2)c2ccccc2)c1.F[P-](F)(F)(F)(F)F.Fc1ccc([B-](c2ccc(F)cc2)(c2ccc(F)cc2)c2c(F)c(F)c(F)c(F)c2F)cc1. The van der Waals surface area contributed by atoms with Gasteiger partial charge in [-0.15, -0.1) is 5.46 Å². The Morgan fingerprint density at radius 1 is 0.341 bits per heavy atom. The van der Waals surface area contributed by atoms with Crippen molar-refractivity contribution in [1.29, 1.82) is 0 Å². The standard InChI is InChI=1S/C26H24B.C24H12BF8.4C4H9O.4C3H7O.C2H6NO6S2.C2H6NO4S2.CH3BF3.CH4O3S.2Al.F6P/c1-21-18-22(2)20-26(19-21)27(23-12-6-3-7-13-23,24-14-8-4-9-15-24)25-16-10-5-11-17-25;26-16-7-1-13(2-8-16)25(14-3-9-17(27)10-4-14,15-5-11-18(28)12-6-15)19-20(29)22(31)24(33)23(32)21(19)30;4*1-4(2,3)5;4*1-3(2)4;1-10(4,5)8-3-9-11(2,6)7;1-8(4,5)3-9(2,6)7;1-2(3,4)5;1-5(2,3)4;;;1-7(2,3,4,5)6/h3-20H,1-2H3;1-12H;4*1-3H3;4*3H,1-2H3;1-2H3;1-2H3;1H3;1H3,(H,2,3,4);;;/q13*-1;;2*+3;-1/p-1. The second-order valence-corrected chi connectivity index (χ2v) is 49.9. The maximum Gasteiger partial charge on any atom is 0.200 e. The molecule has 0 aliphatic heterocycles. The molecular formula is C84H118Al2B3F17N2O21PS5-9. The van der Waals surface area contributed by atoms with Crippen LogP contribution in [-0.4, -0.2) is 173 Å². The fourth-order valence-corrected chi connectivity index (χ4v) is 21.8. The molecule has 0 unspecified atom stereocenters. The summed E-state index contributed by atoms with van der Waals surface area (Å²) >= 11 is -7.07. The molecule has 0 fully saturated rings. The predicted molar refractivity (Wildman–Crippen MR) is 501 cm³/mol. The summed E-state index contributed by atoms with van der Waals surface area (Å²) < 4.78 is 371. The van der Waals surface area contributed by atoms with E-state index in [9.17, 15) is 98.1 Å². The first-order valence-corrected chi connectivity index (χ1v) is 55.6. The molecule has 0 saturated carbocycles. The molecule has 0 aromatic heterocycles. The Kier molecular flexibility index (Phi) is 48.3. The smallest absolute Gasteiger partial charge is 0.200 e. The number of sulfonamides is 2. The van der Waals surface area contributed by atoms with Crippen LogP contribution in [0.3, 0.4) is 0 Å². The molecule has 0 N–H and O–H groups in total. The number of hydrogen-bond acceptors (Lipinski definition) is 21. The normalized spacial score (nSPS) is 13.3. The van der Waals surface area contributed by atoms with Crippen molar-refractivity contribution in [2.24, 2.45) is 0 Å². The summed E-state index contributed by atoms with van der Waals surface area (Å²) in [5.74, 6) is -13.1. The van der Waals surface area contributed by atoms with Gasteiger partial charge >= 0.3 is 68.8 Å². The van der Waals surface area contributed by atoms with Gasteiger partial charge in [-0.05, 0) is 213 Å². The minimum Gasteiger partial charge on any atom is -0.207 e. The summed E-state index contributed by atoms with van der Waals surface area (Å²) in [6.45, 7) is 39.8. The summed E-state index contributed by atoms with van der Waals surface area (Å²) in [6.07, 6.45) is -0.986. The average Bonchev–Trinajstić information content (AvgIpc) is 0.711. The average molecular weight is 2090 g/mol. The molecule has 135 heavy (non-hydrogen) atoms. The van der Waals surface area contributed by atoms with Crippen molar-refractivity contribution < 1.29 is 159 Å². The van der Waals surface area contributed by atoms with Gasteiger partial charge in [0, 0.05) is 41.2 Å². The van der Waals surface area contributed by atoms with Crippen LogP contribution in [0.15, 0.2) is 182 Å². The van der Waals surface area contributed by atoms with E-state index in [4.69, 9.17) is 43.3 Å². The van der Waals surface area contributed by atoms with E-state index in [-0.39, 0.29) is 47.6 Å². The Balaban J connectivity index is 0.00000160. The van der Waals surface area contributed by atoms with Crippen LogP contribution in [0.5, 0.6) is 0 Å². The molecule has 0 spiro atoms. The van der Waals surface area contributed by atoms with Crippen LogP contribution in [-0.2, 0) is 89.3 Å². The molecule has 23 nitrogen and oxygen atoms in total. The summed E-state index contributed by atoms with van der Waals surface area (Å²) in [5.41, 5.74) is 7.38. The van der Waals surface area contributed by atoms with Gasteiger partial charge in [0.05, 0.1) is 42.7 Å². The molecule has 0 bridgehead atoms. The van der Waals surface area contributed by atoms with E-state index < -0.39 is 181 Å². The molecular weight excluding hydrogens is 1970 g/mol. The second kappa shape index (κ2) is 50.7. The van der Waals surface area contributed by atoms with Crippen molar-refractivity contribution in [3.05, 3.63) is 249 Å². The van der Waals surface area contributed by atoms with Crippen LogP contribution in [0.2, 0.25) is 6.82 Å². The molecule has 0 aliphatic carbocycles. The third-order valence-corrected chi connectivity index (χ3v) is 26.1. The van der Waals surface area contributed by atoms with Crippen LogP contribution >= 0.6 is 7.81 Å². The van der Waals surface area contributed by atoms with E-state index >= 15 is 8.78 Å². The van der Waals surface area contributed by atoms with Crippen molar-refractivity contribution in [3.8, 4) is 0 Å². The Morgan fingerprint density at radius 2 is 0.541 bits per heavy atom. The zero-order valence-corrected chi connectivity index (χ0v) is 87.2. The molecule has 8 rings (SSSR count). The van der Waals surface area contributed by atoms with Gasteiger partial charge in [0.1, 0.15) is 41.4 Å². The quantitative estimate of drug-likeness (QED) is 0.00924. The van der Waals surface area contributed by atoms with Gasteiger partial charge in [0.2, 0.25) is 20.2 Å². The number of hydrogen-bond donors (Lipinski definition) is 0. The molecule has 0 amide bonds. The summed E-state index contributed by atoms with van der Waals surface area (Å²) in [5, 5.41) is 0. The van der Waals surface area contributed by atoms with Crippen molar-refractivity contribution in [2.75, 3.05) is 31.3 Å². The van der Waals surface area contributed by atoms with E-state index in [0.717, 1.165) is 72.8 Å². The number of nitrogens with zero attached hydrogens (tertiary/aromatic N) is 2. The van der Waals surface area contributed by atoms with Crippen LogP contribution < -0.4 is 43.7 Å². The van der Waals surface area contributed by atoms with Gasteiger partial charge in [-0.1, -0.05) is 164 Å². The monoisotopic (exact) mass is 2090 g/mol. The first-order chi connectivity index (χ1) is 60.2. The van der Waals surface area contributed by atoms with Crippen LogP contribution in [0.4, 0.5) is 73.3 Å². The van der Waals surface area contributed by atoms with Crippen LogP contribution in [0.1, 0.15) is 150 Å². The third kappa shape index (κ3) is 55.9. The minimum absolute atomic E-state index is 0.0243. The maximum atomic E-state index is 15.3.